The number of pyridine rings is 1. The van der Waals surface area contributed by atoms with Crippen LogP contribution in [-0.4, -0.2) is 34.6 Å². The van der Waals surface area contributed by atoms with Gasteiger partial charge in [-0.3, -0.25) is 9.88 Å². The normalized spacial score (nSPS) is 26.0. The molecule has 1 unspecified atom stereocenters. The van der Waals surface area contributed by atoms with E-state index in [4.69, 9.17) is 0 Å². The van der Waals surface area contributed by atoms with Crippen LogP contribution in [0.1, 0.15) is 45.2 Å². The number of halogens is 1. The third-order valence-corrected chi connectivity index (χ3v) is 5.90. The fourth-order valence-electron chi connectivity index (χ4n) is 3.62. The van der Waals surface area contributed by atoms with Crippen LogP contribution in [0, 0.1) is 5.92 Å². The number of nitrogens with one attached hydrogen (secondary N) is 1. The minimum atomic E-state index is 0.292. The van der Waals surface area contributed by atoms with Crippen LogP contribution in [0.2, 0.25) is 0 Å². The monoisotopic (exact) mass is 351 g/mol. The lowest BCUT2D eigenvalue weighted by Crippen LogP contribution is -2.64. The van der Waals surface area contributed by atoms with Crippen molar-refractivity contribution in [2.24, 2.45) is 5.92 Å². The van der Waals surface area contributed by atoms with Crippen molar-refractivity contribution in [2.45, 2.75) is 57.7 Å². The van der Waals surface area contributed by atoms with Crippen LogP contribution in [0.3, 0.4) is 0 Å². The molecule has 21 heavy (non-hydrogen) atoms. The van der Waals surface area contributed by atoms with E-state index in [-0.39, 0.29) is 0 Å². The van der Waals surface area contributed by atoms with Crippen LogP contribution in [0.25, 0.3) is 0 Å². The molecule has 1 aliphatic heterocycles. The first-order valence-corrected chi connectivity index (χ1v) is 9.05. The quantitative estimate of drug-likeness (QED) is 0.878. The minimum Gasteiger partial charge on any atom is -0.311 e. The van der Waals surface area contributed by atoms with Gasteiger partial charge in [0.2, 0.25) is 0 Å². The molecule has 1 N–H and O–H groups in total. The van der Waals surface area contributed by atoms with E-state index in [2.05, 4.69) is 57.1 Å². The first-order chi connectivity index (χ1) is 10.2. The summed E-state index contributed by atoms with van der Waals surface area (Å²) in [7, 11) is 0. The lowest BCUT2D eigenvalue weighted by molar-refractivity contribution is 0.0193. The number of aromatic nitrogens is 1. The fraction of sp³-hybridized carbons (Fsp3) is 0.706. The van der Waals surface area contributed by atoms with Gasteiger partial charge in [0.1, 0.15) is 0 Å². The summed E-state index contributed by atoms with van der Waals surface area (Å²) in [6, 6.07) is 4.93. The molecular formula is C17H26BrN3. The second-order valence-electron chi connectivity index (χ2n) is 6.60. The SMILES string of the molecule is CCC1(CC)CNC(C2CC2)CN1Cc1ccc(Br)cn1. The Morgan fingerprint density at radius 3 is 2.67 bits per heavy atom. The van der Waals surface area contributed by atoms with Crippen LogP contribution in [0.15, 0.2) is 22.8 Å². The third kappa shape index (κ3) is 3.33. The molecular weight excluding hydrogens is 326 g/mol. The molecule has 1 atom stereocenters. The van der Waals surface area contributed by atoms with Gasteiger partial charge in [-0.2, -0.15) is 0 Å². The molecule has 0 radical (unpaired) electrons. The van der Waals surface area contributed by atoms with Crippen molar-refractivity contribution in [1.82, 2.24) is 15.2 Å². The van der Waals surface area contributed by atoms with Gasteiger partial charge in [-0.05, 0) is 59.7 Å². The summed E-state index contributed by atoms with van der Waals surface area (Å²) in [5.41, 5.74) is 1.47. The Bertz CT molecular complexity index is 465. The van der Waals surface area contributed by atoms with Crippen LogP contribution in [-0.2, 0) is 6.54 Å². The highest BCUT2D eigenvalue weighted by molar-refractivity contribution is 9.10. The summed E-state index contributed by atoms with van der Waals surface area (Å²) >= 11 is 3.47. The molecule has 0 aromatic carbocycles. The van der Waals surface area contributed by atoms with Gasteiger partial charge in [0.05, 0.1) is 5.69 Å². The molecule has 2 heterocycles. The van der Waals surface area contributed by atoms with Crippen molar-refractivity contribution in [3.63, 3.8) is 0 Å². The number of piperazine rings is 1. The van der Waals surface area contributed by atoms with Crippen molar-refractivity contribution in [3.8, 4) is 0 Å². The Kier molecular flexibility index (Phi) is 4.67. The molecule has 0 spiro atoms. The van der Waals surface area contributed by atoms with E-state index in [0.717, 1.165) is 23.5 Å². The number of nitrogens with zero attached hydrogens (tertiary/aromatic N) is 2. The van der Waals surface area contributed by atoms with Crippen LogP contribution < -0.4 is 5.32 Å². The first-order valence-electron chi connectivity index (χ1n) is 8.25. The zero-order valence-corrected chi connectivity index (χ0v) is 14.7. The summed E-state index contributed by atoms with van der Waals surface area (Å²) in [6.45, 7) is 7.91. The van der Waals surface area contributed by atoms with Crippen LogP contribution in [0.5, 0.6) is 0 Å². The lowest BCUT2D eigenvalue weighted by Gasteiger charge is -2.50. The van der Waals surface area contributed by atoms with E-state index in [1.807, 2.05) is 6.20 Å². The molecule has 3 rings (SSSR count). The first kappa shape index (κ1) is 15.4. The van der Waals surface area contributed by atoms with Gasteiger partial charge in [-0.25, -0.2) is 0 Å². The lowest BCUT2D eigenvalue weighted by atomic mass is 9.86. The van der Waals surface area contributed by atoms with Crippen molar-refractivity contribution in [2.75, 3.05) is 13.1 Å². The molecule has 0 amide bonds. The smallest absolute Gasteiger partial charge is 0.0545 e. The van der Waals surface area contributed by atoms with E-state index in [0.29, 0.717) is 11.6 Å². The van der Waals surface area contributed by atoms with Crippen LogP contribution in [0.4, 0.5) is 0 Å². The van der Waals surface area contributed by atoms with Crippen LogP contribution >= 0.6 is 15.9 Å². The maximum Gasteiger partial charge on any atom is 0.0545 e. The van der Waals surface area contributed by atoms with Gasteiger partial charge in [0.15, 0.2) is 0 Å². The fourth-order valence-corrected chi connectivity index (χ4v) is 3.85. The zero-order valence-electron chi connectivity index (χ0n) is 13.1. The summed E-state index contributed by atoms with van der Waals surface area (Å²) in [6.07, 6.45) is 7.13. The Balaban J connectivity index is 1.76. The highest BCUT2D eigenvalue weighted by atomic mass is 79.9. The summed E-state index contributed by atoms with van der Waals surface area (Å²) < 4.78 is 1.06. The van der Waals surface area contributed by atoms with E-state index in [1.54, 1.807) is 0 Å². The molecule has 1 aromatic heterocycles. The predicted molar refractivity (Wildman–Crippen MR) is 90.2 cm³/mol. The summed E-state index contributed by atoms with van der Waals surface area (Å²) in [5.74, 6) is 0.914. The van der Waals surface area contributed by atoms with E-state index in [1.165, 1.54) is 37.9 Å². The average Bonchev–Trinajstić information content (AvgIpc) is 3.34. The highest BCUT2D eigenvalue weighted by Gasteiger charge is 2.43. The van der Waals surface area contributed by atoms with Gasteiger partial charge >= 0.3 is 0 Å². The maximum absolute atomic E-state index is 4.58. The second-order valence-corrected chi connectivity index (χ2v) is 7.52. The van der Waals surface area contributed by atoms with Gasteiger partial charge in [0.25, 0.3) is 0 Å². The van der Waals surface area contributed by atoms with Gasteiger partial charge in [0, 0.05) is 41.9 Å². The van der Waals surface area contributed by atoms with E-state index < -0.39 is 0 Å². The van der Waals surface area contributed by atoms with Crippen molar-refractivity contribution >= 4 is 15.9 Å². The standard InChI is InChI=1S/C17H26BrN3/c1-3-17(4-2)12-20-16(13-5-6-13)11-21(17)10-15-8-7-14(18)9-19-15/h7-9,13,16,20H,3-6,10-12H2,1-2H3. The average molecular weight is 352 g/mol. The maximum atomic E-state index is 4.58. The third-order valence-electron chi connectivity index (χ3n) is 5.43. The molecule has 1 saturated carbocycles. The van der Waals surface area contributed by atoms with E-state index >= 15 is 0 Å². The molecule has 2 fully saturated rings. The van der Waals surface area contributed by atoms with Gasteiger partial charge in [-0.15, -0.1) is 0 Å². The molecule has 0 bridgehead atoms. The minimum absolute atomic E-state index is 0.292. The molecule has 2 aliphatic rings. The summed E-state index contributed by atoms with van der Waals surface area (Å²) in [5, 5.41) is 3.83. The van der Waals surface area contributed by atoms with Gasteiger partial charge < -0.3 is 5.32 Å². The topological polar surface area (TPSA) is 28.2 Å². The van der Waals surface area contributed by atoms with E-state index in [9.17, 15) is 0 Å². The second kappa shape index (κ2) is 6.35. The molecule has 116 valence electrons. The molecule has 3 nitrogen and oxygen atoms in total. The largest absolute Gasteiger partial charge is 0.311 e. The van der Waals surface area contributed by atoms with Crippen molar-refractivity contribution in [3.05, 3.63) is 28.5 Å². The molecule has 1 aliphatic carbocycles. The predicted octanol–water partition coefficient (Wildman–Crippen LogP) is 3.59. The number of hydrogen-bond acceptors (Lipinski definition) is 3. The molecule has 1 saturated heterocycles. The highest BCUT2D eigenvalue weighted by Crippen LogP contribution is 2.37. The molecule has 4 heteroatoms. The number of hydrogen-bond donors (Lipinski definition) is 1. The zero-order chi connectivity index (χ0) is 14.9. The Labute approximate surface area is 136 Å². The van der Waals surface area contributed by atoms with Crippen molar-refractivity contribution < 1.29 is 0 Å². The van der Waals surface area contributed by atoms with Crippen molar-refractivity contribution in [1.29, 1.82) is 0 Å². The summed E-state index contributed by atoms with van der Waals surface area (Å²) in [4.78, 5) is 7.28. The Morgan fingerprint density at radius 2 is 2.10 bits per heavy atom. The number of rotatable bonds is 5. The molecule has 1 aromatic rings. The van der Waals surface area contributed by atoms with Gasteiger partial charge in [-0.1, -0.05) is 13.8 Å². The Hall–Kier alpha value is -0.450. The Morgan fingerprint density at radius 1 is 1.33 bits per heavy atom.